The third-order valence-corrected chi connectivity index (χ3v) is 1.51. The number of nitrogens with zero attached hydrogens (tertiary/aromatic N) is 1. The lowest BCUT2D eigenvalue weighted by Crippen LogP contribution is -2.26. The second-order valence-electron chi connectivity index (χ2n) is 2.98. The van der Waals surface area contributed by atoms with Gasteiger partial charge >= 0.3 is 0 Å². The van der Waals surface area contributed by atoms with Crippen LogP contribution in [0.4, 0.5) is 0 Å². The predicted octanol–water partition coefficient (Wildman–Crippen LogP) is 1.64. The summed E-state index contributed by atoms with van der Waals surface area (Å²) in [5, 5.41) is 8.55. The average molecular weight is 137 g/mol. The Balaban J connectivity index is 2.78. The maximum absolute atomic E-state index is 8.55. The van der Waals surface area contributed by atoms with Gasteiger partial charge in [-0.25, -0.2) is 0 Å². The Morgan fingerprint density at radius 3 is 2.80 bits per heavy atom. The quantitative estimate of drug-likeness (QED) is 0.508. The van der Waals surface area contributed by atoms with E-state index in [0.717, 1.165) is 12.0 Å². The first kappa shape index (κ1) is 7.30. The van der Waals surface area contributed by atoms with E-state index in [4.69, 9.17) is 10.00 Å². The van der Waals surface area contributed by atoms with Gasteiger partial charge < -0.3 is 4.74 Å². The van der Waals surface area contributed by atoms with E-state index in [2.05, 4.69) is 6.07 Å². The molecule has 0 fully saturated rings. The minimum absolute atomic E-state index is 0.233. The Morgan fingerprint density at radius 1 is 1.70 bits per heavy atom. The van der Waals surface area contributed by atoms with Crippen molar-refractivity contribution in [3.63, 3.8) is 0 Å². The number of ether oxygens (including phenoxy) is 1. The van der Waals surface area contributed by atoms with E-state index in [1.54, 1.807) is 0 Å². The minimum atomic E-state index is -0.233. The summed E-state index contributed by atoms with van der Waals surface area (Å²) in [5.74, 6) is 0. The van der Waals surface area contributed by atoms with Gasteiger partial charge in [0.2, 0.25) is 0 Å². The molecule has 0 saturated heterocycles. The molecule has 0 aromatic heterocycles. The summed E-state index contributed by atoms with van der Waals surface area (Å²) in [5.41, 5.74) is 0.611. The fraction of sp³-hybridized carbons (Fsp3) is 0.625. The fourth-order valence-corrected chi connectivity index (χ4v) is 1.05. The molecule has 1 rings (SSSR count). The molecule has 2 nitrogen and oxygen atoms in total. The highest BCUT2D eigenvalue weighted by molar-refractivity contribution is 5.25. The molecule has 1 aliphatic heterocycles. The molecular formula is C8H11NO. The van der Waals surface area contributed by atoms with E-state index >= 15 is 0 Å². The molecule has 1 aliphatic rings. The van der Waals surface area contributed by atoms with Gasteiger partial charge in [0.05, 0.1) is 18.3 Å². The second kappa shape index (κ2) is 2.43. The molecule has 0 aromatic rings. The summed E-state index contributed by atoms with van der Waals surface area (Å²) in [6, 6.07) is 2.14. The van der Waals surface area contributed by atoms with Crippen molar-refractivity contribution < 1.29 is 4.74 Å². The first-order valence-electron chi connectivity index (χ1n) is 3.40. The van der Waals surface area contributed by atoms with Gasteiger partial charge in [0.1, 0.15) is 0 Å². The van der Waals surface area contributed by atoms with Crippen LogP contribution in [0.5, 0.6) is 0 Å². The number of nitriles is 1. The van der Waals surface area contributed by atoms with Crippen LogP contribution in [-0.2, 0) is 4.74 Å². The van der Waals surface area contributed by atoms with Gasteiger partial charge in [0.25, 0.3) is 0 Å². The third kappa shape index (κ3) is 1.58. The molecule has 0 radical (unpaired) electrons. The summed E-state index contributed by atoms with van der Waals surface area (Å²) in [6.45, 7) is 4.60. The Hall–Kier alpha value is -0.810. The Kier molecular flexibility index (Phi) is 1.78. The van der Waals surface area contributed by atoms with Crippen molar-refractivity contribution in [1.29, 1.82) is 5.26 Å². The first-order chi connectivity index (χ1) is 4.64. The summed E-state index contributed by atoms with van der Waals surface area (Å²) in [6.07, 6.45) is 2.65. The highest BCUT2D eigenvalue weighted by atomic mass is 16.5. The van der Waals surface area contributed by atoms with Crippen LogP contribution >= 0.6 is 0 Å². The lowest BCUT2D eigenvalue weighted by Gasteiger charge is -2.25. The molecule has 0 spiro atoms. The number of rotatable bonds is 0. The lowest BCUT2D eigenvalue weighted by molar-refractivity contribution is 0.0124. The Morgan fingerprint density at radius 2 is 2.40 bits per heavy atom. The molecule has 0 N–H and O–H groups in total. The normalized spacial score (nSPS) is 23.1. The van der Waals surface area contributed by atoms with Crippen LogP contribution in [0, 0.1) is 11.3 Å². The molecule has 0 aromatic carbocycles. The van der Waals surface area contributed by atoms with Crippen molar-refractivity contribution in [2.24, 2.45) is 0 Å². The molecule has 0 amide bonds. The van der Waals surface area contributed by atoms with Crippen LogP contribution in [0.15, 0.2) is 11.6 Å². The van der Waals surface area contributed by atoms with Crippen molar-refractivity contribution in [1.82, 2.24) is 0 Å². The first-order valence-corrected chi connectivity index (χ1v) is 3.40. The number of hydrogen-bond donors (Lipinski definition) is 0. The van der Waals surface area contributed by atoms with E-state index in [-0.39, 0.29) is 5.60 Å². The largest absolute Gasteiger partial charge is 0.371 e. The van der Waals surface area contributed by atoms with Gasteiger partial charge in [0, 0.05) is 12.0 Å². The van der Waals surface area contributed by atoms with Crippen LogP contribution in [0.25, 0.3) is 0 Å². The maximum atomic E-state index is 8.55. The number of hydrogen-bond acceptors (Lipinski definition) is 2. The molecule has 0 bridgehead atoms. The zero-order valence-electron chi connectivity index (χ0n) is 6.35. The molecule has 54 valence electrons. The van der Waals surface area contributed by atoms with Gasteiger partial charge in [-0.3, -0.25) is 0 Å². The SMILES string of the molecule is CC1(C)C=C(C#N)CCO1. The molecule has 10 heavy (non-hydrogen) atoms. The zero-order chi connectivity index (χ0) is 7.61. The van der Waals surface area contributed by atoms with E-state index in [1.165, 1.54) is 0 Å². The molecule has 0 unspecified atom stereocenters. The third-order valence-electron chi connectivity index (χ3n) is 1.51. The van der Waals surface area contributed by atoms with Crippen LogP contribution < -0.4 is 0 Å². The topological polar surface area (TPSA) is 33.0 Å². The van der Waals surface area contributed by atoms with E-state index in [1.807, 2.05) is 19.9 Å². The van der Waals surface area contributed by atoms with Crippen LogP contribution in [0.1, 0.15) is 20.3 Å². The smallest absolute Gasteiger partial charge is 0.0945 e. The second-order valence-corrected chi connectivity index (χ2v) is 2.98. The molecular weight excluding hydrogens is 126 g/mol. The van der Waals surface area contributed by atoms with Crippen molar-refractivity contribution in [3.8, 4) is 6.07 Å². The monoisotopic (exact) mass is 137 g/mol. The average Bonchev–Trinajstić information content (AvgIpc) is 1.86. The van der Waals surface area contributed by atoms with Gasteiger partial charge in [-0.05, 0) is 19.9 Å². The van der Waals surface area contributed by atoms with E-state index in [9.17, 15) is 0 Å². The standard InChI is InChI=1S/C8H11NO/c1-8(2)5-7(6-9)3-4-10-8/h5H,3-4H2,1-2H3. The predicted molar refractivity (Wildman–Crippen MR) is 38.3 cm³/mol. The summed E-state index contributed by atoms with van der Waals surface area (Å²) < 4.78 is 5.37. The fourth-order valence-electron chi connectivity index (χ4n) is 1.05. The molecule has 0 atom stereocenters. The Bertz CT molecular complexity index is 198. The summed E-state index contributed by atoms with van der Waals surface area (Å²) in [7, 11) is 0. The van der Waals surface area contributed by atoms with Gasteiger partial charge in [0.15, 0.2) is 0 Å². The Labute approximate surface area is 61.1 Å². The highest BCUT2D eigenvalue weighted by Crippen LogP contribution is 2.20. The zero-order valence-corrected chi connectivity index (χ0v) is 6.35. The molecule has 2 heteroatoms. The van der Waals surface area contributed by atoms with E-state index in [0.29, 0.717) is 6.61 Å². The van der Waals surface area contributed by atoms with E-state index < -0.39 is 0 Å². The highest BCUT2D eigenvalue weighted by Gasteiger charge is 2.20. The minimum Gasteiger partial charge on any atom is -0.371 e. The lowest BCUT2D eigenvalue weighted by atomic mass is 10.0. The van der Waals surface area contributed by atoms with Gasteiger partial charge in [-0.1, -0.05) is 0 Å². The van der Waals surface area contributed by atoms with Crippen molar-refractivity contribution in [2.45, 2.75) is 25.9 Å². The summed E-state index contributed by atoms with van der Waals surface area (Å²) >= 11 is 0. The van der Waals surface area contributed by atoms with Crippen LogP contribution in [0.2, 0.25) is 0 Å². The van der Waals surface area contributed by atoms with Gasteiger partial charge in [-0.15, -0.1) is 0 Å². The van der Waals surface area contributed by atoms with Crippen molar-refractivity contribution in [2.75, 3.05) is 6.61 Å². The van der Waals surface area contributed by atoms with Crippen LogP contribution in [0.3, 0.4) is 0 Å². The molecule has 0 aliphatic carbocycles. The van der Waals surface area contributed by atoms with Crippen LogP contribution in [-0.4, -0.2) is 12.2 Å². The van der Waals surface area contributed by atoms with Gasteiger partial charge in [-0.2, -0.15) is 5.26 Å². The summed E-state index contributed by atoms with van der Waals surface area (Å²) in [4.78, 5) is 0. The van der Waals surface area contributed by atoms with Crippen molar-refractivity contribution in [3.05, 3.63) is 11.6 Å². The van der Waals surface area contributed by atoms with Crippen molar-refractivity contribution >= 4 is 0 Å². The molecule has 0 saturated carbocycles. The maximum Gasteiger partial charge on any atom is 0.0945 e. The molecule has 1 heterocycles.